The van der Waals surface area contributed by atoms with Crippen molar-refractivity contribution < 1.29 is 0 Å². The van der Waals surface area contributed by atoms with E-state index in [9.17, 15) is 0 Å². The van der Waals surface area contributed by atoms with Crippen molar-refractivity contribution >= 4 is 0 Å². The van der Waals surface area contributed by atoms with Gasteiger partial charge in [0.1, 0.15) is 0 Å². The molecule has 12 heavy (non-hydrogen) atoms. The first-order chi connectivity index (χ1) is 5.73. The summed E-state index contributed by atoms with van der Waals surface area (Å²) < 4.78 is 0. The lowest BCUT2D eigenvalue weighted by Gasteiger charge is -2.35. The molecule has 0 amide bonds. The number of terminal acetylenes is 1. The molecule has 0 unspecified atom stereocenters. The summed E-state index contributed by atoms with van der Waals surface area (Å²) >= 11 is 0. The molecule has 2 fully saturated rings. The Morgan fingerprint density at radius 3 is 2.33 bits per heavy atom. The summed E-state index contributed by atoms with van der Waals surface area (Å²) in [7, 11) is 0. The van der Waals surface area contributed by atoms with Crippen LogP contribution < -0.4 is 5.73 Å². The predicted octanol–water partition coefficient (Wildman–Crippen LogP) is 0.575. The molecule has 2 rings (SSSR count). The van der Waals surface area contributed by atoms with Crippen molar-refractivity contribution in [2.75, 3.05) is 13.1 Å². The molecule has 0 aromatic carbocycles. The number of hydrogen-bond acceptors (Lipinski definition) is 2. The highest BCUT2D eigenvalue weighted by Crippen LogP contribution is 2.31. The predicted molar refractivity (Wildman–Crippen MR) is 49.6 cm³/mol. The Bertz CT molecular complexity index is 204. The van der Waals surface area contributed by atoms with Gasteiger partial charge in [-0.1, -0.05) is 5.92 Å². The summed E-state index contributed by atoms with van der Waals surface area (Å²) in [5.41, 5.74) is 5.68. The Hall–Kier alpha value is -0.520. The lowest BCUT2D eigenvalue weighted by Crippen LogP contribution is -2.49. The summed E-state index contributed by atoms with van der Waals surface area (Å²) in [6, 6.07) is 0.868. The normalized spacial score (nSPS) is 29.7. The van der Waals surface area contributed by atoms with Crippen LogP contribution in [0.5, 0.6) is 0 Å². The minimum absolute atomic E-state index is 0.300. The molecule has 1 heterocycles. The molecule has 1 aliphatic heterocycles. The Balaban J connectivity index is 1.88. The van der Waals surface area contributed by atoms with Gasteiger partial charge in [-0.3, -0.25) is 0 Å². The van der Waals surface area contributed by atoms with E-state index in [2.05, 4.69) is 10.8 Å². The molecule has 0 spiro atoms. The van der Waals surface area contributed by atoms with Gasteiger partial charge in [-0.05, 0) is 25.7 Å². The van der Waals surface area contributed by atoms with Crippen LogP contribution in [0.4, 0.5) is 0 Å². The second kappa shape index (κ2) is 2.76. The molecule has 0 aromatic heterocycles. The monoisotopic (exact) mass is 164 g/mol. The highest BCUT2D eigenvalue weighted by atomic mass is 15.2. The third kappa shape index (κ3) is 1.48. The van der Waals surface area contributed by atoms with Gasteiger partial charge in [0.15, 0.2) is 0 Å². The Labute approximate surface area is 74.1 Å². The van der Waals surface area contributed by atoms with E-state index in [0.717, 1.165) is 32.0 Å². The zero-order chi connectivity index (χ0) is 8.60. The molecular formula is C10H16N2. The van der Waals surface area contributed by atoms with Gasteiger partial charge in [0, 0.05) is 19.1 Å². The Morgan fingerprint density at radius 1 is 1.33 bits per heavy atom. The van der Waals surface area contributed by atoms with Crippen LogP contribution in [-0.4, -0.2) is 29.6 Å². The number of piperidine rings is 1. The Kier molecular flexibility index (Phi) is 1.86. The topological polar surface area (TPSA) is 29.3 Å². The SMILES string of the molecule is C#CC1(N)CCN(C2CC2)CC1. The lowest BCUT2D eigenvalue weighted by molar-refractivity contribution is 0.181. The van der Waals surface area contributed by atoms with Gasteiger partial charge in [0.25, 0.3) is 0 Å². The fourth-order valence-corrected chi connectivity index (χ4v) is 1.87. The maximum Gasteiger partial charge on any atom is 0.0797 e. The van der Waals surface area contributed by atoms with Crippen molar-refractivity contribution in [3.8, 4) is 12.3 Å². The second-order valence-corrected chi connectivity index (χ2v) is 4.07. The van der Waals surface area contributed by atoms with Crippen molar-refractivity contribution in [2.24, 2.45) is 5.73 Å². The van der Waals surface area contributed by atoms with E-state index in [1.807, 2.05) is 0 Å². The zero-order valence-electron chi connectivity index (χ0n) is 7.42. The molecular weight excluding hydrogens is 148 g/mol. The molecule has 2 aliphatic rings. The number of nitrogens with two attached hydrogens (primary N) is 1. The van der Waals surface area contributed by atoms with Crippen molar-refractivity contribution in [3.63, 3.8) is 0 Å². The number of rotatable bonds is 1. The van der Waals surface area contributed by atoms with Crippen molar-refractivity contribution in [2.45, 2.75) is 37.3 Å². The zero-order valence-corrected chi connectivity index (χ0v) is 7.42. The molecule has 2 heteroatoms. The fraction of sp³-hybridized carbons (Fsp3) is 0.800. The van der Waals surface area contributed by atoms with E-state index in [1.165, 1.54) is 12.8 Å². The van der Waals surface area contributed by atoms with E-state index in [4.69, 9.17) is 12.2 Å². The third-order valence-electron chi connectivity index (χ3n) is 3.04. The molecule has 0 radical (unpaired) electrons. The van der Waals surface area contributed by atoms with Crippen LogP contribution in [0.1, 0.15) is 25.7 Å². The first-order valence-electron chi connectivity index (χ1n) is 4.74. The van der Waals surface area contributed by atoms with Crippen LogP contribution in [0.2, 0.25) is 0 Å². The molecule has 0 aromatic rings. The summed E-state index contributed by atoms with van der Waals surface area (Å²) in [4.78, 5) is 2.53. The largest absolute Gasteiger partial charge is 0.315 e. The van der Waals surface area contributed by atoms with Gasteiger partial charge in [-0.25, -0.2) is 0 Å². The molecule has 0 atom stereocenters. The average Bonchev–Trinajstić information content (AvgIpc) is 2.89. The minimum Gasteiger partial charge on any atom is -0.315 e. The standard InChI is InChI=1S/C10H16N2/c1-2-10(11)5-7-12(8-6-10)9-3-4-9/h1,9H,3-8,11H2. The first-order valence-corrected chi connectivity index (χ1v) is 4.74. The van der Waals surface area contributed by atoms with Crippen LogP contribution in [0.3, 0.4) is 0 Å². The van der Waals surface area contributed by atoms with Crippen molar-refractivity contribution in [3.05, 3.63) is 0 Å². The molecule has 2 N–H and O–H groups in total. The van der Waals surface area contributed by atoms with Crippen LogP contribution in [0.15, 0.2) is 0 Å². The quantitative estimate of drug-likeness (QED) is 0.574. The summed E-state index contributed by atoms with van der Waals surface area (Å²) in [6.07, 6.45) is 10.1. The number of nitrogens with zero attached hydrogens (tertiary/aromatic N) is 1. The van der Waals surface area contributed by atoms with Gasteiger partial charge in [0.2, 0.25) is 0 Å². The van der Waals surface area contributed by atoms with E-state index in [1.54, 1.807) is 0 Å². The smallest absolute Gasteiger partial charge is 0.0797 e. The highest BCUT2D eigenvalue weighted by molar-refractivity contribution is 5.13. The summed E-state index contributed by atoms with van der Waals surface area (Å²) in [5.74, 6) is 2.71. The maximum absolute atomic E-state index is 5.98. The maximum atomic E-state index is 5.98. The molecule has 66 valence electrons. The van der Waals surface area contributed by atoms with Crippen LogP contribution >= 0.6 is 0 Å². The van der Waals surface area contributed by atoms with E-state index < -0.39 is 0 Å². The molecule has 0 bridgehead atoms. The van der Waals surface area contributed by atoms with E-state index in [0.29, 0.717) is 0 Å². The van der Waals surface area contributed by atoms with Crippen LogP contribution in [0, 0.1) is 12.3 Å². The van der Waals surface area contributed by atoms with Gasteiger partial charge in [-0.2, -0.15) is 0 Å². The lowest BCUT2D eigenvalue weighted by atomic mass is 9.89. The molecule has 1 saturated carbocycles. The van der Waals surface area contributed by atoms with E-state index >= 15 is 0 Å². The number of hydrogen-bond donors (Lipinski definition) is 1. The third-order valence-corrected chi connectivity index (χ3v) is 3.04. The Morgan fingerprint density at radius 2 is 1.92 bits per heavy atom. The second-order valence-electron chi connectivity index (χ2n) is 4.07. The first kappa shape index (κ1) is 8.10. The van der Waals surface area contributed by atoms with Gasteiger partial charge < -0.3 is 10.6 Å². The molecule has 1 aliphatic carbocycles. The molecule has 2 nitrogen and oxygen atoms in total. The minimum atomic E-state index is -0.300. The summed E-state index contributed by atoms with van der Waals surface area (Å²) in [5, 5.41) is 0. The van der Waals surface area contributed by atoms with Gasteiger partial charge in [0.05, 0.1) is 5.54 Å². The molecule has 1 saturated heterocycles. The van der Waals surface area contributed by atoms with Gasteiger partial charge >= 0.3 is 0 Å². The van der Waals surface area contributed by atoms with Gasteiger partial charge in [-0.15, -0.1) is 6.42 Å². The van der Waals surface area contributed by atoms with Crippen LogP contribution in [-0.2, 0) is 0 Å². The van der Waals surface area contributed by atoms with Crippen molar-refractivity contribution in [1.29, 1.82) is 0 Å². The fourth-order valence-electron chi connectivity index (χ4n) is 1.87. The van der Waals surface area contributed by atoms with Crippen molar-refractivity contribution in [1.82, 2.24) is 4.90 Å². The van der Waals surface area contributed by atoms with Crippen LogP contribution in [0.25, 0.3) is 0 Å². The number of likely N-dealkylation sites (tertiary alicyclic amines) is 1. The summed E-state index contributed by atoms with van der Waals surface area (Å²) in [6.45, 7) is 2.21. The highest BCUT2D eigenvalue weighted by Gasteiger charge is 2.35. The van der Waals surface area contributed by atoms with E-state index in [-0.39, 0.29) is 5.54 Å². The average molecular weight is 164 g/mol.